The molecule has 0 atom stereocenters. The number of carbonyl (C=O) groups is 2. The molecular weight excluding hydrogens is 464 g/mol. The van der Waals surface area contributed by atoms with Crippen molar-refractivity contribution < 1.29 is 9.59 Å². The minimum absolute atomic E-state index is 0.143. The van der Waals surface area contributed by atoms with E-state index < -0.39 is 0 Å². The van der Waals surface area contributed by atoms with E-state index in [1.165, 1.54) is 0 Å². The van der Waals surface area contributed by atoms with E-state index >= 15 is 0 Å². The Kier molecular flexibility index (Phi) is 8.96. The van der Waals surface area contributed by atoms with Crippen molar-refractivity contribution in [3.05, 3.63) is 132 Å². The van der Waals surface area contributed by atoms with Gasteiger partial charge in [0.05, 0.1) is 11.4 Å². The Hall–Kier alpha value is -4.98. The Morgan fingerprint density at radius 2 is 0.973 bits per heavy atom. The van der Waals surface area contributed by atoms with Gasteiger partial charge in [-0.2, -0.15) is 10.2 Å². The molecule has 0 radical (unpaired) electrons. The number of nitrogens with one attached hydrogen (secondary N) is 2. The minimum Gasteiger partial charge on any atom is -0.273 e. The number of benzene rings is 2. The van der Waals surface area contributed by atoms with Crippen LogP contribution in [0.5, 0.6) is 0 Å². The van der Waals surface area contributed by atoms with E-state index in [1.54, 1.807) is 24.8 Å². The van der Waals surface area contributed by atoms with Crippen molar-refractivity contribution in [3.63, 3.8) is 0 Å². The van der Waals surface area contributed by atoms with Gasteiger partial charge in [-0.3, -0.25) is 19.6 Å². The second-order valence-electron chi connectivity index (χ2n) is 8.06. The summed E-state index contributed by atoms with van der Waals surface area (Å²) in [7, 11) is 0. The lowest BCUT2D eigenvalue weighted by Gasteiger charge is -2.08. The van der Waals surface area contributed by atoms with Crippen LogP contribution in [0.25, 0.3) is 0 Å². The number of hydrogen-bond donors (Lipinski definition) is 2. The van der Waals surface area contributed by atoms with Crippen molar-refractivity contribution in [1.82, 2.24) is 20.8 Å². The molecule has 184 valence electrons. The fraction of sp³-hybridized carbons (Fsp3) is 0.103. The van der Waals surface area contributed by atoms with E-state index in [0.29, 0.717) is 17.8 Å². The molecule has 4 rings (SSSR count). The first-order valence-corrected chi connectivity index (χ1v) is 11.9. The van der Waals surface area contributed by atoms with E-state index in [0.717, 1.165) is 22.3 Å². The van der Waals surface area contributed by atoms with Crippen LogP contribution >= 0.6 is 0 Å². The highest BCUT2D eigenvalue weighted by molar-refractivity contribution is 6.13. The van der Waals surface area contributed by atoms with E-state index in [4.69, 9.17) is 0 Å². The molecule has 2 aromatic carbocycles. The molecule has 0 unspecified atom stereocenters. The largest absolute Gasteiger partial charge is 0.273 e. The van der Waals surface area contributed by atoms with Gasteiger partial charge >= 0.3 is 0 Å². The van der Waals surface area contributed by atoms with Crippen LogP contribution in [0.4, 0.5) is 0 Å². The molecule has 0 fully saturated rings. The van der Waals surface area contributed by atoms with Crippen LogP contribution in [0.15, 0.2) is 120 Å². The molecular formula is C29H26N6O2. The molecule has 8 heteroatoms. The van der Waals surface area contributed by atoms with Crippen molar-refractivity contribution in [3.8, 4) is 0 Å². The second-order valence-corrected chi connectivity index (χ2v) is 8.06. The molecule has 0 aliphatic heterocycles. The normalized spacial score (nSPS) is 11.6. The maximum absolute atomic E-state index is 12.4. The minimum atomic E-state index is -0.283. The highest BCUT2D eigenvalue weighted by Crippen LogP contribution is 2.11. The van der Waals surface area contributed by atoms with Gasteiger partial charge < -0.3 is 0 Å². The number of pyridine rings is 2. The van der Waals surface area contributed by atoms with E-state index in [-0.39, 0.29) is 24.7 Å². The summed E-state index contributed by atoms with van der Waals surface area (Å²) in [4.78, 5) is 33.1. The van der Waals surface area contributed by atoms with Gasteiger partial charge in [0.2, 0.25) is 11.8 Å². The van der Waals surface area contributed by atoms with Crippen molar-refractivity contribution in [2.75, 3.05) is 0 Å². The quantitative estimate of drug-likeness (QED) is 0.258. The SMILES string of the molecule is O=C(CCCC(=O)NN=C(c1ccccc1)c1cccnc1)NN=C(c1ccccc1)c1cccnc1. The van der Waals surface area contributed by atoms with E-state index in [1.807, 2.05) is 84.9 Å². The molecule has 2 N–H and O–H groups in total. The Labute approximate surface area is 215 Å². The first-order valence-electron chi connectivity index (χ1n) is 11.9. The van der Waals surface area contributed by atoms with Crippen LogP contribution in [-0.2, 0) is 9.59 Å². The summed E-state index contributed by atoms with van der Waals surface area (Å²) < 4.78 is 0. The molecule has 0 saturated heterocycles. The highest BCUT2D eigenvalue weighted by atomic mass is 16.2. The third-order valence-electron chi connectivity index (χ3n) is 5.36. The third-order valence-corrected chi connectivity index (χ3v) is 5.36. The lowest BCUT2D eigenvalue weighted by molar-refractivity contribution is -0.122. The predicted octanol–water partition coefficient (Wildman–Crippen LogP) is 4.08. The number of hydrazone groups is 2. The number of aromatic nitrogens is 2. The smallest absolute Gasteiger partial charge is 0.240 e. The van der Waals surface area contributed by atoms with Gasteiger partial charge in [-0.05, 0) is 30.7 Å². The van der Waals surface area contributed by atoms with E-state index in [9.17, 15) is 9.59 Å². The topological polar surface area (TPSA) is 109 Å². The molecule has 8 nitrogen and oxygen atoms in total. The lowest BCUT2D eigenvalue weighted by atomic mass is 10.0. The zero-order chi connectivity index (χ0) is 25.7. The average molecular weight is 491 g/mol. The summed E-state index contributed by atoms with van der Waals surface area (Å²) in [5.41, 5.74) is 9.71. The van der Waals surface area contributed by atoms with Gasteiger partial charge in [-0.25, -0.2) is 10.9 Å². The monoisotopic (exact) mass is 490 g/mol. The molecule has 37 heavy (non-hydrogen) atoms. The van der Waals surface area contributed by atoms with Crippen LogP contribution < -0.4 is 10.9 Å². The number of rotatable bonds is 10. The van der Waals surface area contributed by atoms with Crippen molar-refractivity contribution >= 4 is 23.2 Å². The fourth-order valence-corrected chi connectivity index (χ4v) is 3.55. The Morgan fingerprint density at radius 1 is 0.568 bits per heavy atom. The zero-order valence-corrected chi connectivity index (χ0v) is 20.1. The van der Waals surface area contributed by atoms with Crippen molar-refractivity contribution in [1.29, 1.82) is 0 Å². The van der Waals surface area contributed by atoms with Gasteiger partial charge in [0.25, 0.3) is 0 Å². The Balaban J connectivity index is 1.33. The van der Waals surface area contributed by atoms with Crippen LogP contribution in [0.2, 0.25) is 0 Å². The number of hydrogen-bond acceptors (Lipinski definition) is 6. The lowest BCUT2D eigenvalue weighted by Crippen LogP contribution is -2.23. The van der Waals surface area contributed by atoms with Gasteiger partial charge in [0, 0.05) is 59.9 Å². The molecule has 0 saturated carbocycles. The standard InChI is InChI=1S/C29H26N6O2/c36-26(32-34-28(22-10-3-1-4-11-22)24-14-8-18-30-20-24)16-7-17-27(37)33-35-29(23-12-5-2-6-13-23)25-15-9-19-31-21-25/h1-6,8-15,18-21H,7,16-17H2,(H,32,36)(H,33,37). The number of nitrogens with zero attached hydrogens (tertiary/aromatic N) is 4. The van der Waals surface area contributed by atoms with Crippen LogP contribution in [0.3, 0.4) is 0 Å². The van der Waals surface area contributed by atoms with Crippen LogP contribution in [0.1, 0.15) is 41.5 Å². The molecule has 2 amide bonds. The highest BCUT2D eigenvalue weighted by Gasteiger charge is 2.11. The molecule has 0 spiro atoms. The summed E-state index contributed by atoms with van der Waals surface area (Å²) >= 11 is 0. The Morgan fingerprint density at radius 3 is 1.35 bits per heavy atom. The molecule has 0 aliphatic carbocycles. The summed E-state index contributed by atoms with van der Waals surface area (Å²) in [6.45, 7) is 0. The first kappa shape index (κ1) is 25.1. The van der Waals surface area contributed by atoms with Crippen molar-refractivity contribution in [2.24, 2.45) is 10.2 Å². The summed E-state index contributed by atoms with van der Waals surface area (Å²) in [5.74, 6) is -0.567. The van der Waals surface area contributed by atoms with Crippen LogP contribution in [0, 0.1) is 0 Å². The van der Waals surface area contributed by atoms with Gasteiger partial charge in [-0.15, -0.1) is 0 Å². The Bertz CT molecular complexity index is 1170. The maximum Gasteiger partial charge on any atom is 0.240 e. The zero-order valence-electron chi connectivity index (χ0n) is 20.1. The molecule has 0 bridgehead atoms. The summed E-state index contributed by atoms with van der Waals surface area (Å²) in [5, 5.41) is 8.67. The molecule has 0 aliphatic rings. The van der Waals surface area contributed by atoms with Gasteiger partial charge in [-0.1, -0.05) is 60.7 Å². The van der Waals surface area contributed by atoms with E-state index in [2.05, 4.69) is 31.0 Å². The second kappa shape index (κ2) is 13.2. The van der Waals surface area contributed by atoms with Gasteiger partial charge in [0.15, 0.2) is 0 Å². The average Bonchev–Trinajstić information content (AvgIpc) is 2.95. The van der Waals surface area contributed by atoms with Crippen molar-refractivity contribution in [2.45, 2.75) is 19.3 Å². The summed E-state index contributed by atoms with van der Waals surface area (Å²) in [6, 6.07) is 26.5. The third kappa shape index (κ3) is 7.50. The number of amides is 2. The predicted molar refractivity (Wildman–Crippen MR) is 143 cm³/mol. The molecule has 4 aromatic rings. The molecule has 2 heterocycles. The van der Waals surface area contributed by atoms with Gasteiger partial charge in [0.1, 0.15) is 0 Å². The fourth-order valence-electron chi connectivity index (χ4n) is 3.55. The summed E-state index contributed by atoms with van der Waals surface area (Å²) in [6.07, 6.45) is 7.38. The number of carbonyl (C=O) groups excluding carboxylic acids is 2. The maximum atomic E-state index is 12.4. The first-order chi connectivity index (χ1) is 18.2. The molecule has 2 aromatic heterocycles. The van der Waals surface area contributed by atoms with Crippen LogP contribution in [-0.4, -0.2) is 33.2 Å².